The summed E-state index contributed by atoms with van der Waals surface area (Å²) in [5.74, 6) is 0.802. The summed E-state index contributed by atoms with van der Waals surface area (Å²) >= 11 is 6.05. The van der Waals surface area contributed by atoms with Crippen LogP contribution in [-0.2, 0) is 16.1 Å². The molecule has 2 aromatic rings. The molecule has 7 heteroatoms. The standard InChI is InChI=1S/C24H31ClN2O4/c1-6-17(3)26-24(29)18(4)27(14-19-7-9-20(30-5)10-8-19)23(28)15-31-21-11-12-22(25)16(2)13-21/h7-13,17-18H,6,14-15H2,1-5H3,(H,26,29)/t17-,18-/m1/s1. The molecule has 0 saturated carbocycles. The van der Waals surface area contributed by atoms with Crippen molar-refractivity contribution in [2.24, 2.45) is 0 Å². The predicted octanol–water partition coefficient (Wildman–Crippen LogP) is 4.37. The highest BCUT2D eigenvalue weighted by Gasteiger charge is 2.27. The number of halogens is 1. The van der Waals surface area contributed by atoms with Crippen LogP contribution in [0.15, 0.2) is 42.5 Å². The number of nitrogens with zero attached hydrogens (tertiary/aromatic N) is 1. The summed E-state index contributed by atoms with van der Waals surface area (Å²) in [5, 5.41) is 3.58. The Morgan fingerprint density at radius 1 is 1.10 bits per heavy atom. The third-order valence-electron chi connectivity index (χ3n) is 5.17. The van der Waals surface area contributed by atoms with Gasteiger partial charge in [0.05, 0.1) is 7.11 Å². The molecule has 0 fully saturated rings. The molecule has 31 heavy (non-hydrogen) atoms. The first-order valence-corrected chi connectivity index (χ1v) is 10.7. The first-order valence-electron chi connectivity index (χ1n) is 10.4. The zero-order chi connectivity index (χ0) is 23.0. The van der Waals surface area contributed by atoms with Gasteiger partial charge in [0.25, 0.3) is 5.91 Å². The third kappa shape index (κ3) is 7.17. The van der Waals surface area contributed by atoms with Gasteiger partial charge in [-0.3, -0.25) is 9.59 Å². The Kier molecular flexibility index (Phi) is 9.19. The molecule has 0 aliphatic heterocycles. The smallest absolute Gasteiger partial charge is 0.261 e. The maximum atomic E-state index is 13.1. The summed E-state index contributed by atoms with van der Waals surface area (Å²) in [6, 6.07) is 12.0. The summed E-state index contributed by atoms with van der Waals surface area (Å²) in [4.78, 5) is 27.3. The molecule has 0 heterocycles. The van der Waals surface area contributed by atoms with Crippen molar-refractivity contribution in [1.29, 1.82) is 0 Å². The average Bonchev–Trinajstić information content (AvgIpc) is 2.77. The highest BCUT2D eigenvalue weighted by molar-refractivity contribution is 6.31. The lowest BCUT2D eigenvalue weighted by molar-refractivity contribution is -0.142. The van der Waals surface area contributed by atoms with Crippen molar-refractivity contribution in [3.8, 4) is 11.5 Å². The van der Waals surface area contributed by atoms with E-state index in [1.807, 2.05) is 45.0 Å². The van der Waals surface area contributed by atoms with E-state index in [-0.39, 0.29) is 31.0 Å². The van der Waals surface area contributed by atoms with Gasteiger partial charge >= 0.3 is 0 Å². The van der Waals surface area contributed by atoms with Crippen LogP contribution >= 0.6 is 11.6 Å². The Hall–Kier alpha value is -2.73. The maximum absolute atomic E-state index is 13.1. The Morgan fingerprint density at radius 3 is 2.32 bits per heavy atom. The van der Waals surface area contributed by atoms with Gasteiger partial charge in [-0.25, -0.2) is 0 Å². The summed E-state index contributed by atoms with van der Waals surface area (Å²) < 4.78 is 10.9. The number of rotatable bonds is 10. The molecule has 1 N–H and O–H groups in total. The summed E-state index contributed by atoms with van der Waals surface area (Å²) in [7, 11) is 1.60. The number of aryl methyl sites for hydroxylation is 1. The fourth-order valence-electron chi connectivity index (χ4n) is 2.91. The molecule has 0 aromatic heterocycles. The lowest BCUT2D eigenvalue weighted by Crippen LogP contribution is -2.50. The molecule has 168 valence electrons. The molecule has 0 spiro atoms. The van der Waals surface area contributed by atoms with E-state index in [9.17, 15) is 9.59 Å². The molecule has 0 unspecified atom stereocenters. The second-order valence-electron chi connectivity index (χ2n) is 7.56. The van der Waals surface area contributed by atoms with E-state index >= 15 is 0 Å². The Balaban J connectivity index is 2.16. The first kappa shape index (κ1) is 24.5. The lowest BCUT2D eigenvalue weighted by atomic mass is 10.1. The summed E-state index contributed by atoms with van der Waals surface area (Å²) in [6.07, 6.45) is 0.809. The monoisotopic (exact) mass is 446 g/mol. The molecule has 0 aliphatic carbocycles. The van der Waals surface area contributed by atoms with Crippen LogP contribution in [0.2, 0.25) is 5.02 Å². The number of ether oxygens (including phenoxy) is 2. The molecule has 2 atom stereocenters. The minimum absolute atomic E-state index is 0.0289. The number of hydrogen-bond donors (Lipinski definition) is 1. The zero-order valence-corrected chi connectivity index (χ0v) is 19.5. The van der Waals surface area contributed by atoms with E-state index in [0.717, 1.165) is 23.3 Å². The van der Waals surface area contributed by atoms with E-state index in [1.165, 1.54) is 4.90 Å². The van der Waals surface area contributed by atoms with Gasteiger partial charge in [0.1, 0.15) is 17.5 Å². The molecule has 2 rings (SSSR count). The minimum Gasteiger partial charge on any atom is -0.497 e. The van der Waals surface area contributed by atoms with Crippen molar-refractivity contribution >= 4 is 23.4 Å². The van der Waals surface area contributed by atoms with Crippen LogP contribution < -0.4 is 14.8 Å². The van der Waals surface area contributed by atoms with E-state index in [2.05, 4.69) is 5.32 Å². The quantitative estimate of drug-likeness (QED) is 0.588. The Labute approximate surface area is 189 Å². The molecule has 0 bridgehead atoms. The molecule has 2 aromatic carbocycles. The van der Waals surface area contributed by atoms with E-state index in [1.54, 1.807) is 32.2 Å². The average molecular weight is 447 g/mol. The molecule has 0 aliphatic rings. The second kappa shape index (κ2) is 11.6. The largest absolute Gasteiger partial charge is 0.497 e. The normalized spacial score (nSPS) is 12.6. The number of methoxy groups -OCH3 is 1. The van der Waals surface area contributed by atoms with Crippen molar-refractivity contribution < 1.29 is 19.1 Å². The van der Waals surface area contributed by atoms with Gasteiger partial charge < -0.3 is 19.7 Å². The molecular weight excluding hydrogens is 416 g/mol. The summed E-state index contributed by atoms with van der Waals surface area (Å²) in [5.41, 5.74) is 1.75. The third-order valence-corrected chi connectivity index (χ3v) is 5.60. The van der Waals surface area contributed by atoms with Crippen LogP contribution in [0.5, 0.6) is 11.5 Å². The fraction of sp³-hybridized carbons (Fsp3) is 0.417. The van der Waals surface area contributed by atoms with Crippen molar-refractivity contribution in [2.45, 2.75) is 52.7 Å². The topological polar surface area (TPSA) is 67.9 Å². The van der Waals surface area contributed by atoms with Gasteiger partial charge in [-0.05, 0) is 68.7 Å². The van der Waals surface area contributed by atoms with Gasteiger partial charge in [-0.15, -0.1) is 0 Å². The number of hydrogen-bond acceptors (Lipinski definition) is 4. The van der Waals surface area contributed by atoms with Gasteiger partial charge in [0.15, 0.2) is 6.61 Å². The van der Waals surface area contributed by atoms with Crippen LogP contribution in [0.1, 0.15) is 38.3 Å². The second-order valence-corrected chi connectivity index (χ2v) is 7.97. The number of benzene rings is 2. The van der Waals surface area contributed by atoms with Crippen molar-refractivity contribution in [3.05, 3.63) is 58.6 Å². The van der Waals surface area contributed by atoms with Gasteiger partial charge in [0.2, 0.25) is 5.91 Å². The van der Waals surface area contributed by atoms with Gasteiger partial charge in [-0.1, -0.05) is 30.7 Å². The lowest BCUT2D eigenvalue weighted by Gasteiger charge is -2.29. The molecule has 6 nitrogen and oxygen atoms in total. The van der Waals surface area contributed by atoms with E-state index in [0.29, 0.717) is 10.8 Å². The van der Waals surface area contributed by atoms with Crippen LogP contribution in [0.25, 0.3) is 0 Å². The minimum atomic E-state index is -0.654. The number of amides is 2. The van der Waals surface area contributed by atoms with Gasteiger partial charge in [-0.2, -0.15) is 0 Å². The Morgan fingerprint density at radius 2 is 1.74 bits per heavy atom. The van der Waals surface area contributed by atoms with Crippen LogP contribution in [-0.4, -0.2) is 42.5 Å². The SMILES string of the molecule is CC[C@@H](C)NC(=O)[C@@H](C)N(Cc1ccc(OC)cc1)C(=O)COc1ccc(Cl)c(C)c1. The molecule has 0 radical (unpaired) electrons. The van der Waals surface area contributed by atoms with E-state index in [4.69, 9.17) is 21.1 Å². The molecule has 0 saturated heterocycles. The van der Waals surface area contributed by atoms with Crippen molar-refractivity contribution in [1.82, 2.24) is 10.2 Å². The fourth-order valence-corrected chi connectivity index (χ4v) is 3.03. The van der Waals surface area contributed by atoms with Gasteiger partial charge in [0, 0.05) is 17.6 Å². The maximum Gasteiger partial charge on any atom is 0.261 e. The first-order chi connectivity index (χ1) is 14.7. The van der Waals surface area contributed by atoms with Crippen molar-refractivity contribution in [2.75, 3.05) is 13.7 Å². The predicted molar refractivity (Wildman–Crippen MR) is 123 cm³/mol. The van der Waals surface area contributed by atoms with E-state index < -0.39 is 6.04 Å². The summed E-state index contributed by atoms with van der Waals surface area (Å²) in [6.45, 7) is 7.63. The molecular formula is C24H31ClN2O4. The number of nitrogens with one attached hydrogen (secondary N) is 1. The number of carbonyl (C=O) groups is 2. The highest BCUT2D eigenvalue weighted by atomic mass is 35.5. The number of carbonyl (C=O) groups excluding carboxylic acids is 2. The Bertz CT molecular complexity index is 886. The van der Waals surface area contributed by atoms with Crippen LogP contribution in [0.3, 0.4) is 0 Å². The molecule has 2 amide bonds. The van der Waals surface area contributed by atoms with Crippen molar-refractivity contribution in [3.63, 3.8) is 0 Å². The zero-order valence-electron chi connectivity index (χ0n) is 18.8. The van der Waals surface area contributed by atoms with Crippen LogP contribution in [0, 0.1) is 6.92 Å². The highest BCUT2D eigenvalue weighted by Crippen LogP contribution is 2.21. The van der Waals surface area contributed by atoms with Crippen LogP contribution in [0.4, 0.5) is 0 Å².